The van der Waals surface area contributed by atoms with E-state index in [9.17, 15) is 18.8 Å². The van der Waals surface area contributed by atoms with Crippen molar-refractivity contribution < 1.29 is 18.8 Å². The van der Waals surface area contributed by atoms with Crippen LogP contribution in [0.3, 0.4) is 0 Å². The monoisotopic (exact) mass is 511 g/mol. The van der Waals surface area contributed by atoms with E-state index in [-0.39, 0.29) is 36.0 Å². The van der Waals surface area contributed by atoms with Crippen molar-refractivity contribution in [1.82, 2.24) is 20.5 Å². The molecule has 2 aromatic carbocycles. The standard InChI is InChI=1S/C26H27ClFN5O3/c1-32-9-10-33(24(34)14-32)16-6-8-18(20(28)12-16)26(36)31-22-4-2-3-21(22)30-25(35)15-5-7-17-19(27)13-29-23(17)11-15/h5-8,11-13,21-22,29H,2-4,9-10,14H2,1H3,(H,30,35)(H,31,36)/t21-,22+/m1/s1. The number of aromatic nitrogens is 1. The zero-order chi connectivity index (χ0) is 25.4. The van der Waals surface area contributed by atoms with E-state index in [1.807, 2.05) is 11.9 Å². The molecule has 1 saturated carbocycles. The molecule has 2 fully saturated rings. The predicted octanol–water partition coefficient (Wildman–Crippen LogP) is 3.32. The third-order valence-electron chi connectivity index (χ3n) is 6.96. The third kappa shape index (κ3) is 4.81. The van der Waals surface area contributed by atoms with Crippen LogP contribution in [0.2, 0.25) is 5.02 Å². The first-order valence-corrected chi connectivity index (χ1v) is 12.3. The second-order valence-corrected chi connectivity index (χ2v) is 9.84. The van der Waals surface area contributed by atoms with Crippen LogP contribution in [0.5, 0.6) is 0 Å². The lowest BCUT2D eigenvalue weighted by Crippen LogP contribution is -2.49. The molecular weight excluding hydrogens is 485 g/mol. The summed E-state index contributed by atoms with van der Waals surface area (Å²) in [6.45, 7) is 1.43. The number of nitrogens with zero attached hydrogens (tertiary/aromatic N) is 2. The van der Waals surface area contributed by atoms with E-state index in [1.165, 1.54) is 17.0 Å². The van der Waals surface area contributed by atoms with Crippen molar-refractivity contribution in [2.75, 3.05) is 31.6 Å². The lowest BCUT2D eigenvalue weighted by Gasteiger charge is -2.32. The molecular formula is C26H27ClFN5O3. The highest BCUT2D eigenvalue weighted by Crippen LogP contribution is 2.25. The van der Waals surface area contributed by atoms with E-state index in [1.54, 1.807) is 30.5 Å². The molecule has 3 N–H and O–H groups in total. The van der Waals surface area contributed by atoms with Crippen LogP contribution in [0.1, 0.15) is 40.0 Å². The molecule has 1 aliphatic heterocycles. The minimum absolute atomic E-state index is 0.0913. The maximum Gasteiger partial charge on any atom is 0.254 e. The summed E-state index contributed by atoms with van der Waals surface area (Å²) >= 11 is 6.11. The van der Waals surface area contributed by atoms with Gasteiger partial charge >= 0.3 is 0 Å². The molecule has 2 atom stereocenters. The van der Waals surface area contributed by atoms with Crippen molar-refractivity contribution in [2.24, 2.45) is 0 Å². The number of benzene rings is 2. The van der Waals surface area contributed by atoms with Crippen molar-refractivity contribution in [3.05, 3.63) is 64.6 Å². The summed E-state index contributed by atoms with van der Waals surface area (Å²) in [5, 5.41) is 7.32. The number of hydrogen-bond donors (Lipinski definition) is 3. The Kier molecular flexibility index (Phi) is 6.68. The SMILES string of the molecule is CN1CCN(c2ccc(C(=O)N[C@H]3CCC[C@H]3NC(=O)c3ccc4c(Cl)c[nH]c4c3)c(F)c2)C(=O)C1. The number of rotatable bonds is 5. The molecule has 2 aliphatic rings. The molecule has 0 bridgehead atoms. The Morgan fingerprint density at radius 3 is 2.53 bits per heavy atom. The Labute approximate surface area is 212 Å². The fourth-order valence-electron chi connectivity index (χ4n) is 4.96. The molecule has 188 valence electrons. The number of halogens is 2. The number of carbonyl (C=O) groups excluding carboxylic acids is 3. The molecule has 1 aliphatic carbocycles. The van der Waals surface area contributed by atoms with Gasteiger partial charge in [-0.15, -0.1) is 0 Å². The first kappa shape index (κ1) is 24.3. The first-order valence-electron chi connectivity index (χ1n) is 12.0. The first-order chi connectivity index (χ1) is 17.3. The minimum atomic E-state index is -0.687. The summed E-state index contributed by atoms with van der Waals surface area (Å²) in [5.74, 6) is -1.59. The molecule has 1 aromatic heterocycles. The van der Waals surface area contributed by atoms with Gasteiger partial charge in [0, 0.05) is 53.5 Å². The second kappa shape index (κ2) is 9.91. The van der Waals surface area contributed by atoms with Crippen LogP contribution in [-0.4, -0.2) is 66.4 Å². The highest BCUT2D eigenvalue weighted by molar-refractivity contribution is 6.35. The second-order valence-electron chi connectivity index (χ2n) is 9.44. The van der Waals surface area contributed by atoms with E-state index in [4.69, 9.17) is 11.6 Å². The quantitative estimate of drug-likeness (QED) is 0.489. The zero-order valence-electron chi connectivity index (χ0n) is 19.8. The molecule has 10 heteroatoms. The number of aromatic amines is 1. The molecule has 2 heterocycles. The molecule has 0 spiro atoms. The molecule has 0 unspecified atom stereocenters. The van der Waals surface area contributed by atoms with Crippen LogP contribution in [0.25, 0.3) is 10.9 Å². The normalized spacial score (nSPS) is 20.6. The summed E-state index contributed by atoms with van der Waals surface area (Å²) in [6, 6.07) is 8.89. The summed E-state index contributed by atoms with van der Waals surface area (Å²) in [7, 11) is 1.86. The van der Waals surface area contributed by atoms with Gasteiger partial charge in [0.2, 0.25) is 5.91 Å². The van der Waals surface area contributed by atoms with Crippen molar-refractivity contribution >= 4 is 45.9 Å². The maximum absolute atomic E-state index is 14.9. The van der Waals surface area contributed by atoms with E-state index in [0.717, 1.165) is 17.3 Å². The average molecular weight is 512 g/mol. The molecule has 0 radical (unpaired) electrons. The third-order valence-corrected chi connectivity index (χ3v) is 7.28. The number of anilines is 1. The Morgan fingerprint density at radius 2 is 1.81 bits per heavy atom. The lowest BCUT2D eigenvalue weighted by atomic mass is 10.1. The summed E-state index contributed by atoms with van der Waals surface area (Å²) in [6.07, 6.45) is 3.89. The van der Waals surface area contributed by atoms with Gasteiger partial charge in [-0.25, -0.2) is 4.39 Å². The van der Waals surface area contributed by atoms with Crippen molar-refractivity contribution in [1.29, 1.82) is 0 Å². The van der Waals surface area contributed by atoms with Crippen LogP contribution in [0, 0.1) is 5.82 Å². The number of fused-ring (bicyclic) bond motifs is 1. The molecule has 1 saturated heterocycles. The number of hydrogen-bond acceptors (Lipinski definition) is 4. The number of amides is 3. The van der Waals surface area contributed by atoms with E-state index >= 15 is 0 Å². The topological polar surface area (TPSA) is 97.5 Å². The van der Waals surface area contributed by atoms with Crippen molar-refractivity contribution in [2.45, 2.75) is 31.3 Å². The predicted molar refractivity (Wildman–Crippen MR) is 136 cm³/mol. The van der Waals surface area contributed by atoms with Crippen LogP contribution in [-0.2, 0) is 4.79 Å². The van der Waals surface area contributed by atoms with Gasteiger partial charge in [-0.2, -0.15) is 0 Å². The van der Waals surface area contributed by atoms with Gasteiger partial charge in [0.25, 0.3) is 11.8 Å². The van der Waals surface area contributed by atoms with E-state index < -0.39 is 11.7 Å². The summed E-state index contributed by atoms with van der Waals surface area (Å²) in [4.78, 5) is 44.5. The summed E-state index contributed by atoms with van der Waals surface area (Å²) in [5.41, 5.74) is 1.60. The zero-order valence-corrected chi connectivity index (χ0v) is 20.6. The van der Waals surface area contributed by atoms with Gasteiger partial charge in [-0.1, -0.05) is 17.7 Å². The van der Waals surface area contributed by atoms with Crippen LogP contribution >= 0.6 is 11.6 Å². The maximum atomic E-state index is 14.9. The Bertz CT molecular complexity index is 1340. The van der Waals surface area contributed by atoms with Gasteiger partial charge in [0.1, 0.15) is 5.82 Å². The lowest BCUT2D eigenvalue weighted by molar-refractivity contribution is -0.120. The van der Waals surface area contributed by atoms with Crippen molar-refractivity contribution in [3.8, 4) is 0 Å². The Morgan fingerprint density at radius 1 is 1.06 bits per heavy atom. The van der Waals surface area contributed by atoms with Gasteiger partial charge in [-0.05, 0) is 56.6 Å². The van der Waals surface area contributed by atoms with Crippen molar-refractivity contribution in [3.63, 3.8) is 0 Å². The van der Waals surface area contributed by atoms with Gasteiger partial charge < -0.3 is 20.5 Å². The fraction of sp³-hybridized carbons (Fsp3) is 0.346. The number of piperazine rings is 1. The molecule has 5 rings (SSSR count). The number of nitrogens with one attached hydrogen (secondary N) is 3. The largest absolute Gasteiger partial charge is 0.360 e. The smallest absolute Gasteiger partial charge is 0.254 e. The van der Waals surface area contributed by atoms with Gasteiger partial charge in [0.15, 0.2) is 0 Å². The average Bonchev–Trinajstić information content (AvgIpc) is 3.44. The van der Waals surface area contributed by atoms with Crippen LogP contribution in [0.15, 0.2) is 42.6 Å². The molecule has 3 amide bonds. The number of carbonyl (C=O) groups is 3. The molecule has 8 nitrogen and oxygen atoms in total. The van der Waals surface area contributed by atoms with Crippen LogP contribution in [0.4, 0.5) is 10.1 Å². The van der Waals surface area contributed by atoms with E-state index in [0.29, 0.717) is 42.2 Å². The highest BCUT2D eigenvalue weighted by atomic mass is 35.5. The van der Waals surface area contributed by atoms with Gasteiger partial charge in [0.05, 0.1) is 17.1 Å². The van der Waals surface area contributed by atoms with Gasteiger partial charge in [-0.3, -0.25) is 19.3 Å². The molecule has 3 aromatic rings. The van der Waals surface area contributed by atoms with Crippen LogP contribution < -0.4 is 15.5 Å². The fourth-order valence-corrected chi connectivity index (χ4v) is 5.17. The number of likely N-dealkylation sites (N-methyl/N-ethyl adjacent to an activating group) is 1. The highest BCUT2D eigenvalue weighted by Gasteiger charge is 2.31. The Hall–Kier alpha value is -3.43. The number of H-pyrrole nitrogens is 1. The molecule has 36 heavy (non-hydrogen) atoms. The Balaban J connectivity index is 1.24. The minimum Gasteiger partial charge on any atom is -0.360 e. The summed E-state index contributed by atoms with van der Waals surface area (Å²) < 4.78 is 14.9. The van der Waals surface area contributed by atoms with E-state index in [2.05, 4.69) is 15.6 Å².